The summed E-state index contributed by atoms with van der Waals surface area (Å²) in [6.07, 6.45) is 3.06. The number of furan rings is 1. The van der Waals surface area contributed by atoms with Gasteiger partial charge >= 0.3 is 0 Å². The highest BCUT2D eigenvalue weighted by atomic mass is 32.2. The minimum Gasteiger partial charge on any atom is -0.490 e. The summed E-state index contributed by atoms with van der Waals surface area (Å²) in [4.78, 5) is 14.8. The molecule has 0 aliphatic carbocycles. The lowest BCUT2D eigenvalue weighted by molar-refractivity contribution is 0.0594. The predicted octanol–water partition coefficient (Wildman–Crippen LogP) is 4.06. The Labute approximate surface area is 194 Å². The van der Waals surface area contributed by atoms with E-state index in [0.29, 0.717) is 24.4 Å². The first kappa shape index (κ1) is 23.1. The van der Waals surface area contributed by atoms with Gasteiger partial charge in [-0.3, -0.25) is 4.79 Å². The maximum atomic E-state index is 12.9. The summed E-state index contributed by atoms with van der Waals surface area (Å²) in [7, 11) is -3.70. The van der Waals surface area contributed by atoms with Crippen molar-refractivity contribution in [3.63, 3.8) is 0 Å². The molecule has 0 radical (unpaired) electrons. The number of likely N-dealkylation sites (tertiary alicyclic amines) is 1. The van der Waals surface area contributed by atoms with Gasteiger partial charge in [-0.25, -0.2) is 13.1 Å². The topological polar surface area (TPSA) is 88.8 Å². The zero-order valence-electron chi connectivity index (χ0n) is 18.8. The van der Waals surface area contributed by atoms with Gasteiger partial charge in [-0.1, -0.05) is 12.1 Å². The zero-order valence-corrected chi connectivity index (χ0v) is 19.6. The second-order valence-electron chi connectivity index (χ2n) is 8.31. The second-order valence-corrected chi connectivity index (χ2v) is 10.1. The number of carbonyl (C=O) groups excluding carboxylic acids is 1. The number of piperidine rings is 1. The van der Waals surface area contributed by atoms with Crippen LogP contribution in [0.5, 0.6) is 5.75 Å². The van der Waals surface area contributed by atoms with E-state index in [9.17, 15) is 13.2 Å². The van der Waals surface area contributed by atoms with Gasteiger partial charge in [0.15, 0.2) is 0 Å². The molecule has 0 atom stereocenters. The summed E-state index contributed by atoms with van der Waals surface area (Å²) in [5.74, 6) is 1.32. The lowest BCUT2D eigenvalue weighted by Gasteiger charge is -2.32. The molecule has 0 unspecified atom stereocenters. The molecule has 1 N–H and O–H groups in total. The van der Waals surface area contributed by atoms with E-state index in [-0.39, 0.29) is 23.5 Å². The first-order chi connectivity index (χ1) is 15.8. The molecule has 1 amide bonds. The number of rotatable bonds is 7. The lowest BCUT2D eigenvalue weighted by Crippen LogP contribution is -2.41. The number of carbonyl (C=O) groups is 1. The third kappa shape index (κ3) is 5.64. The van der Waals surface area contributed by atoms with Crippen molar-refractivity contribution in [2.45, 2.75) is 44.2 Å². The Morgan fingerprint density at radius 1 is 1.09 bits per heavy atom. The Hall–Kier alpha value is -3.10. The maximum Gasteiger partial charge on any atom is 0.253 e. The predicted molar refractivity (Wildman–Crippen MR) is 125 cm³/mol. The van der Waals surface area contributed by atoms with Crippen LogP contribution in [-0.4, -0.2) is 38.4 Å². The molecule has 2 aromatic carbocycles. The first-order valence-corrected chi connectivity index (χ1v) is 12.5. The Kier molecular flexibility index (Phi) is 6.85. The Bertz CT molecular complexity index is 1200. The molecule has 174 valence electrons. The van der Waals surface area contributed by atoms with Gasteiger partial charge in [-0.15, -0.1) is 0 Å². The van der Waals surface area contributed by atoms with Crippen LogP contribution in [0.1, 0.15) is 40.1 Å². The van der Waals surface area contributed by atoms with Gasteiger partial charge in [0, 0.05) is 31.5 Å². The molecule has 2 heterocycles. The Morgan fingerprint density at radius 2 is 1.82 bits per heavy atom. The Balaban J connectivity index is 1.32. The average molecular weight is 469 g/mol. The molecule has 1 aromatic heterocycles. The molecule has 8 heteroatoms. The molecule has 33 heavy (non-hydrogen) atoms. The third-order valence-corrected chi connectivity index (χ3v) is 7.21. The molecule has 1 saturated heterocycles. The SMILES string of the molecule is Cc1ccc(C)c(OC2CCN(C(=O)c3ccc(S(=O)(=O)NCc4ccco4)cc3)CC2)c1. The second kappa shape index (κ2) is 9.80. The van der Waals surface area contributed by atoms with E-state index in [0.717, 1.165) is 29.7 Å². The monoisotopic (exact) mass is 468 g/mol. The highest BCUT2D eigenvalue weighted by molar-refractivity contribution is 7.89. The standard InChI is InChI=1S/C25H28N2O5S/c1-18-5-6-19(2)24(16-18)32-21-11-13-27(14-12-21)25(28)20-7-9-23(10-8-20)33(29,30)26-17-22-4-3-15-31-22/h3-10,15-16,21,26H,11-14,17H2,1-2H3. The number of hydrogen-bond acceptors (Lipinski definition) is 5. The molecule has 1 aliphatic heterocycles. The lowest BCUT2D eigenvalue weighted by atomic mass is 10.1. The van der Waals surface area contributed by atoms with Crippen LogP contribution in [0.25, 0.3) is 0 Å². The van der Waals surface area contributed by atoms with Crippen molar-refractivity contribution in [3.8, 4) is 5.75 Å². The van der Waals surface area contributed by atoms with Crippen LogP contribution in [0, 0.1) is 13.8 Å². The summed E-state index contributed by atoms with van der Waals surface area (Å²) in [5, 5.41) is 0. The Morgan fingerprint density at radius 3 is 2.48 bits per heavy atom. The fourth-order valence-electron chi connectivity index (χ4n) is 3.81. The molecule has 7 nitrogen and oxygen atoms in total. The number of sulfonamides is 1. The fourth-order valence-corrected chi connectivity index (χ4v) is 4.81. The average Bonchev–Trinajstić information content (AvgIpc) is 3.34. The number of ether oxygens (including phenoxy) is 1. The van der Waals surface area contributed by atoms with E-state index in [4.69, 9.17) is 9.15 Å². The summed E-state index contributed by atoms with van der Waals surface area (Å²) >= 11 is 0. The molecule has 4 rings (SSSR count). The number of aryl methyl sites for hydroxylation is 2. The summed E-state index contributed by atoms with van der Waals surface area (Å²) < 4.78 is 38.8. The van der Waals surface area contributed by atoms with E-state index >= 15 is 0 Å². The largest absolute Gasteiger partial charge is 0.490 e. The number of benzene rings is 2. The van der Waals surface area contributed by atoms with Crippen LogP contribution < -0.4 is 9.46 Å². The number of amides is 1. The number of hydrogen-bond donors (Lipinski definition) is 1. The highest BCUT2D eigenvalue weighted by Gasteiger charge is 2.25. The first-order valence-electron chi connectivity index (χ1n) is 11.0. The third-order valence-electron chi connectivity index (χ3n) is 5.79. The van der Waals surface area contributed by atoms with Gasteiger partial charge in [0.2, 0.25) is 10.0 Å². The van der Waals surface area contributed by atoms with Gasteiger partial charge in [-0.05, 0) is 67.4 Å². The van der Waals surface area contributed by atoms with Gasteiger partial charge in [0.1, 0.15) is 17.6 Å². The van der Waals surface area contributed by atoms with E-state index < -0.39 is 10.0 Å². The van der Waals surface area contributed by atoms with E-state index in [1.165, 1.54) is 18.4 Å². The van der Waals surface area contributed by atoms with Crippen molar-refractivity contribution >= 4 is 15.9 Å². The van der Waals surface area contributed by atoms with E-state index in [1.54, 1.807) is 29.2 Å². The van der Waals surface area contributed by atoms with Crippen LogP contribution >= 0.6 is 0 Å². The van der Waals surface area contributed by atoms with E-state index in [2.05, 4.69) is 16.9 Å². The van der Waals surface area contributed by atoms with Crippen molar-refractivity contribution < 1.29 is 22.4 Å². The molecule has 1 aliphatic rings. The molecule has 0 spiro atoms. The minimum atomic E-state index is -3.70. The molecule has 0 bridgehead atoms. The van der Waals surface area contributed by atoms with Gasteiger partial charge < -0.3 is 14.1 Å². The fraction of sp³-hybridized carbons (Fsp3) is 0.320. The van der Waals surface area contributed by atoms with Crippen molar-refractivity contribution in [2.24, 2.45) is 0 Å². The molecule has 0 saturated carbocycles. The van der Waals surface area contributed by atoms with Gasteiger partial charge in [-0.2, -0.15) is 0 Å². The van der Waals surface area contributed by atoms with Crippen LogP contribution in [0.4, 0.5) is 0 Å². The van der Waals surface area contributed by atoms with Gasteiger partial charge in [0.25, 0.3) is 5.91 Å². The van der Waals surface area contributed by atoms with Crippen molar-refractivity contribution in [1.82, 2.24) is 9.62 Å². The van der Waals surface area contributed by atoms with Crippen LogP contribution in [0.2, 0.25) is 0 Å². The van der Waals surface area contributed by atoms with Crippen LogP contribution in [-0.2, 0) is 16.6 Å². The maximum absolute atomic E-state index is 12.9. The molecular formula is C25H28N2O5S. The smallest absolute Gasteiger partial charge is 0.253 e. The minimum absolute atomic E-state index is 0.0646. The zero-order chi connectivity index (χ0) is 23.4. The van der Waals surface area contributed by atoms with Crippen LogP contribution in [0.3, 0.4) is 0 Å². The molecule has 1 fully saturated rings. The van der Waals surface area contributed by atoms with Crippen LogP contribution in [0.15, 0.2) is 70.2 Å². The summed E-state index contributed by atoms with van der Waals surface area (Å²) in [5.41, 5.74) is 2.73. The number of nitrogens with zero attached hydrogens (tertiary/aromatic N) is 1. The van der Waals surface area contributed by atoms with Gasteiger partial charge in [0.05, 0.1) is 17.7 Å². The normalized spacial score (nSPS) is 14.9. The van der Waals surface area contributed by atoms with E-state index in [1.807, 2.05) is 19.9 Å². The van der Waals surface area contributed by atoms with Crippen molar-refractivity contribution in [1.29, 1.82) is 0 Å². The number of nitrogens with one attached hydrogen (secondary N) is 1. The highest BCUT2D eigenvalue weighted by Crippen LogP contribution is 2.24. The summed E-state index contributed by atoms with van der Waals surface area (Å²) in [6.45, 7) is 5.33. The van der Waals surface area contributed by atoms with Crippen molar-refractivity contribution in [3.05, 3.63) is 83.3 Å². The summed E-state index contributed by atoms with van der Waals surface area (Å²) in [6, 6.07) is 15.6. The quantitative estimate of drug-likeness (QED) is 0.565. The van der Waals surface area contributed by atoms with Crippen molar-refractivity contribution in [2.75, 3.05) is 13.1 Å². The molecule has 3 aromatic rings. The molecular weight excluding hydrogens is 440 g/mol.